The Hall–Kier alpha value is -6.00. The average Bonchev–Trinajstić information content (AvgIpc) is 3.67. The Morgan fingerprint density at radius 1 is 0.409 bits per heavy atom. The van der Waals surface area contributed by atoms with Crippen molar-refractivity contribution in [3.05, 3.63) is 133 Å². The van der Waals surface area contributed by atoms with E-state index in [9.17, 15) is 0 Å². The summed E-state index contributed by atoms with van der Waals surface area (Å²) in [4.78, 5) is 10.2. The van der Waals surface area contributed by atoms with Crippen LogP contribution in [0.15, 0.2) is 142 Å². The first-order valence-corrected chi connectivity index (χ1v) is 14.8. The van der Waals surface area contributed by atoms with E-state index in [0.29, 0.717) is 11.4 Å². The zero-order valence-corrected chi connectivity index (χ0v) is 23.4. The predicted octanol–water partition coefficient (Wildman–Crippen LogP) is 11.0. The second kappa shape index (κ2) is 8.76. The second-order valence-electron chi connectivity index (χ2n) is 11.3. The van der Waals surface area contributed by atoms with Crippen molar-refractivity contribution in [3.63, 3.8) is 0 Å². The Morgan fingerprint density at radius 3 is 1.91 bits per heavy atom. The summed E-state index contributed by atoms with van der Waals surface area (Å²) in [5, 5.41) is 8.25. The topological polar surface area (TPSA) is 52.1 Å². The maximum Gasteiger partial charge on any atom is 0.180 e. The highest BCUT2D eigenvalue weighted by Gasteiger charge is 2.21. The van der Waals surface area contributed by atoms with Crippen LogP contribution in [0.2, 0.25) is 0 Å². The molecule has 0 saturated carbocycles. The van der Waals surface area contributed by atoms with E-state index in [1.165, 1.54) is 32.3 Å². The van der Waals surface area contributed by atoms with E-state index in [-0.39, 0.29) is 0 Å². The molecule has 0 N–H and O–H groups in total. The molecule has 0 radical (unpaired) electrons. The Balaban J connectivity index is 1.22. The van der Waals surface area contributed by atoms with Crippen molar-refractivity contribution < 1.29 is 8.83 Å². The molecule has 0 aliphatic heterocycles. The first kappa shape index (κ1) is 23.6. The normalized spacial score (nSPS) is 12.1. The average molecular weight is 563 g/mol. The number of benzene rings is 7. The van der Waals surface area contributed by atoms with Gasteiger partial charge in [-0.3, -0.25) is 0 Å². The van der Waals surface area contributed by atoms with Crippen molar-refractivity contribution in [1.82, 2.24) is 9.97 Å². The van der Waals surface area contributed by atoms with Gasteiger partial charge in [-0.05, 0) is 57.4 Å². The van der Waals surface area contributed by atoms with Gasteiger partial charge >= 0.3 is 0 Å². The van der Waals surface area contributed by atoms with Crippen LogP contribution in [-0.2, 0) is 0 Å². The Labute approximate surface area is 251 Å². The third-order valence-corrected chi connectivity index (χ3v) is 8.85. The van der Waals surface area contributed by atoms with Crippen molar-refractivity contribution in [3.8, 4) is 33.8 Å². The van der Waals surface area contributed by atoms with Gasteiger partial charge in [0.2, 0.25) is 0 Å². The third-order valence-electron chi connectivity index (χ3n) is 8.85. The Kier molecular flexibility index (Phi) is 4.69. The summed E-state index contributed by atoms with van der Waals surface area (Å²) in [7, 11) is 0. The molecule has 0 aliphatic rings. The minimum absolute atomic E-state index is 0.652. The molecular weight excluding hydrogens is 540 g/mol. The molecule has 10 aromatic rings. The van der Waals surface area contributed by atoms with E-state index in [1.54, 1.807) is 0 Å². The number of nitrogens with zero attached hydrogens (tertiary/aromatic N) is 2. The van der Waals surface area contributed by atoms with Gasteiger partial charge in [-0.15, -0.1) is 0 Å². The molecule has 4 nitrogen and oxygen atoms in total. The van der Waals surface area contributed by atoms with E-state index in [1.807, 2.05) is 36.4 Å². The SMILES string of the molecule is c1ccc(-c2nc(-c3cccc(-c4ccc5c6ccccc6c6cccc7oc4c5c76)c3)nc3c2oc2ccccc23)cc1. The molecule has 0 amide bonds. The zero-order chi connectivity index (χ0) is 28.8. The first-order valence-electron chi connectivity index (χ1n) is 14.8. The van der Waals surface area contributed by atoms with Gasteiger partial charge in [0.05, 0.1) is 0 Å². The van der Waals surface area contributed by atoms with Crippen molar-refractivity contribution in [2.75, 3.05) is 0 Å². The summed E-state index contributed by atoms with van der Waals surface area (Å²) in [6.45, 7) is 0. The highest BCUT2D eigenvalue weighted by atomic mass is 16.3. The third kappa shape index (κ3) is 3.22. The molecule has 4 heteroatoms. The Bertz CT molecular complexity index is 2720. The van der Waals surface area contributed by atoms with Gasteiger partial charge in [-0.1, -0.05) is 103 Å². The van der Waals surface area contributed by atoms with Crippen molar-refractivity contribution >= 4 is 65.6 Å². The van der Waals surface area contributed by atoms with Crippen LogP contribution in [0, 0.1) is 0 Å². The molecule has 0 atom stereocenters. The maximum absolute atomic E-state index is 6.65. The molecule has 0 spiro atoms. The van der Waals surface area contributed by atoms with Crippen LogP contribution in [0.25, 0.3) is 99.3 Å². The van der Waals surface area contributed by atoms with Gasteiger partial charge in [0.1, 0.15) is 28.0 Å². The van der Waals surface area contributed by atoms with Crippen molar-refractivity contribution in [1.29, 1.82) is 0 Å². The van der Waals surface area contributed by atoms with Gasteiger partial charge in [-0.25, -0.2) is 9.97 Å². The molecule has 204 valence electrons. The fourth-order valence-corrected chi connectivity index (χ4v) is 6.89. The first-order chi connectivity index (χ1) is 21.8. The van der Waals surface area contributed by atoms with E-state index in [4.69, 9.17) is 18.8 Å². The molecule has 0 unspecified atom stereocenters. The molecule has 3 aromatic heterocycles. The predicted molar refractivity (Wildman–Crippen MR) is 179 cm³/mol. The van der Waals surface area contributed by atoms with Crippen LogP contribution in [0.5, 0.6) is 0 Å². The maximum atomic E-state index is 6.65. The minimum Gasteiger partial charge on any atom is -0.455 e. The summed E-state index contributed by atoms with van der Waals surface area (Å²) in [6, 6.07) is 46.0. The highest BCUT2D eigenvalue weighted by Crippen LogP contribution is 2.46. The number of aromatic nitrogens is 2. The summed E-state index contributed by atoms with van der Waals surface area (Å²) in [5.74, 6) is 0.652. The lowest BCUT2D eigenvalue weighted by Gasteiger charge is -2.11. The van der Waals surface area contributed by atoms with Crippen LogP contribution in [0.4, 0.5) is 0 Å². The number of furan rings is 2. The summed E-state index contributed by atoms with van der Waals surface area (Å²) in [6.07, 6.45) is 0. The van der Waals surface area contributed by atoms with Crippen LogP contribution >= 0.6 is 0 Å². The molecule has 0 saturated heterocycles. The van der Waals surface area contributed by atoms with E-state index < -0.39 is 0 Å². The summed E-state index contributed by atoms with van der Waals surface area (Å²) >= 11 is 0. The number of hydrogen-bond donors (Lipinski definition) is 0. The fourth-order valence-electron chi connectivity index (χ4n) is 6.89. The monoisotopic (exact) mass is 562 g/mol. The van der Waals surface area contributed by atoms with Gasteiger partial charge < -0.3 is 8.83 Å². The van der Waals surface area contributed by atoms with Crippen LogP contribution in [0.3, 0.4) is 0 Å². The molecule has 7 aromatic carbocycles. The van der Waals surface area contributed by atoms with Crippen molar-refractivity contribution in [2.45, 2.75) is 0 Å². The smallest absolute Gasteiger partial charge is 0.180 e. The van der Waals surface area contributed by atoms with Gasteiger partial charge in [0.25, 0.3) is 0 Å². The van der Waals surface area contributed by atoms with Gasteiger partial charge in [0.15, 0.2) is 11.4 Å². The zero-order valence-electron chi connectivity index (χ0n) is 23.4. The molecule has 44 heavy (non-hydrogen) atoms. The second-order valence-corrected chi connectivity index (χ2v) is 11.3. The molecule has 0 bridgehead atoms. The molecule has 10 rings (SSSR count). The largest absolute Gasteiger partial charge is 0.455 e. The number of hydrogen-bond acceptors (Lipinski definition) is 4. The van der Waals surface area contributed by atoms with Crippen LogP contribution in [0.1, 0.15) is 0 Å². The quantitative estimate of drug-likeness (QED) is 0.201. The number of fused-ring (bicyclic) bond motifs is 6. The van der Waals surface area contributed by atoms with E-state index >= 15 is 0 Å². The summed E-state index contributed by atoms with van der Waals surface area (Å²) in [5.41, 5.74) is 8.91. The number of rotatable bonds is 3. The van der Waals surface area contributed by atoms with Crippen LogP contribution in [-0.4, -0.2) is 9.97 Å². The lowest BCUT2D eigenvalue weighted by molar-refractivity contribution is 0.667. The standard InChI is InChI=1S/C40H22N2O2/c1-2-10-23(11-3-1)36-39-37(31-16-6-7-18-32(31)43-39)42-40(41-36)25-13-8-12-24(22-25)26-20-21-30-28-15-5-4-14-27(28)29-17-9-19-33-34(29)35(30)38(26)44-33/h1-22H. The molecule has 0 fully saturated rings. The van der Waals surface area contributed by atoms with Gasteiger partial charge in [0, 0.05) is 32.8 Å². The van der Waals surface area contributed by atoms with E-state index in [2.05, 4.69) is 97.1 Å². The fraction of sp³-hybridized carbons (Fsp3) is 0. The Morgan fingerprint density at radius 2 is 1.05 bits per heavy atom. The van der Waals surface area contributed by atoms with Gasteiger partial charge in [-0.2, -0.15) is 0 Å². The van der Waals surface area contributed by atoms with Crippen molar-refractivity contribution in [2.24, 2.45) is 0 Å². The molecule has 0 aliphatic carbocycles. The molecule has 3 heterocycles. The van der Waals surface area contributed by atoms with E-state index in [0.717, 1.165) is 55.6 Å². The minimum atomic E-state index is 0.652. The van der Waals surface area contributed by atoms with Crippen LogP contribution < -0.4 is 0 Å². The lowest BCUT2D eigenvalue weighted by Crippen LogP contribution is -1.94. The summed E-state index contributed by atoms with van der Waals surface area (Å²) < 4.78 is 13.0. The lowest BCUT2D eigenvalue weighted by atomic mass is 9.92. The highest BCUT2D eigenvalue weighted by molar-refractivity contribution is 6.34. The number of para-hydroxylation sites is 1. The molecular formula is C40H22N2O2.